The van der Waals surface area contributed by atoms with E-state index < -0.39 is 0 Å². The van der Waals surface area contributed by atoms with E-state index in [-0.39, 0.29) is 5.91 Å². The number of amides is 1. The van der Waals surface area contributed by atoms with E-state index in [0.717, 1.165) is 16.9 Å². The molecule has 1 aromatic heterocycles. The van der Waals surface area contributed by atoms with Crippen molar-refractivity contribution in [3.8, 4) is 17.1 Å². The van der Waals surface area contributed by atoms with Gasteiger partial charge in [0.25, 0.3) is 0 Å². The number of aromatic nitrogens is 1. The van der Waals surface area contributed by atoms with E-state index >= 15 is 0 Å². The first kappa shape index (κ1) is 20.0. The summed E-state index contributed by atoms with van der Waals surface area (Å²) < 4.78 is 11.1. The van der Waals surface area contributed by atoms with Gasteiger partial charge in [0.1, 0.15) is 5.75 Å². The lowest BCUT2D eigenvalue weighted by Crippen LogP contribution is -2.26. The summed E-state index contributed by atoms with van der Waals surface area (Å²) in [6.45, 7) is 2.59. The molecule has 0 aliphatic rings. The number of rotatable bonds is 8. The molecule has 28 heavy (non-hydrogen) atoms. The number of carbonyl (C=O) groups is 1. The molecule has 1 heterocycles. The largest absolute Gasteiger partial charge is 0.496 e. The molecule has 0 atom stereocenters. The molecule has 0 bridgehead atoms. The van der Waals surface area contributed by atoms with Crippen LogP contribution in [-0.4, -0.2) is 24.5 Å². The minimum Gasteiger partial charge on any atom is -0.496 e. The molecule has 0 spiro atoms. The molecule has 6 heteroatoms. The second kappa shape index (κ2) is 9.42. The highest BCUT2D eigenvalue weighted by molar-refractivity contribution is 6.33. The Balaban J connectivity index is 1.48. The molecule has 1 N–H and O–H groups in total. The van der Waals surface area contributed by atoms with Gasteiger partial charge in [-0.3, -0.25) is 4.79 Å². The van der Waals surface area contributed by atoms with Crippen molar-refractivity contribution in [1.82, 2.24) is 10.3 Å². The minimum absolute atomic E-state index is 0.0379. The van der Waals surface area contributed by atoms with Crippen LogP contribution in [0.15, 0.2) is 53.1 Å². The monoisotopic (exact) mass is 398 g/mol. The standard InChI is InChI=1S/C22H23ClN2O3/c1-15-7-8-19(27-2)16(13-15)11-12-24-21(26)9-10-22-25-14-20(28-22)17-5-3-4-6-18(17)23/h3-8,13-14H,9-12H2,1-2H3,(H,24,26). The lowest BCUT2D eigenvalue weighted by molar-refractivity contribution is -0.121. The number of nitrogens with one attached hydrogen (secondary N) is 1. The van der Waals surface area contributed by atoms with Gasteiger partial charge in [-0.15, -0.1) is 0 Å². The average Bonchev–Trinajstić information content (AvgIpc) is 3.16. The third kappa shape index (κ3) is 5.14. The summed E-state index contributed by atoms with van der Waals surface area (Å²) in [6.07, 6.45) is 3.10. The number of ether oxygens (including phenoxy) is 1. The summed E-state index contributed by atoms with van der Waals surface area (Å²) >= 11 is 6.17. The Hall–Kier alpha value is -2.79. The number of carbonyl (C=O) groups excluding carboxylic acids is 1. The van der Waals surface area contributed by atoms with Crippen LogP contribution >= 0.6 is 11.6 Å². The summed E-state index contributed by atoms with van der Waals surface area (Å²) in [5.74, 6) is 1.92. The molecular formula is C22H23ClN2O3. The van der Waals surface area contributed by atoms with E-state index in [1.807, 2.05) is 37.3 Å². The van der Waals surface area contributed by atoms with Crippen molar-refractivity contribution in [2.75, 3.05) is 13.7 Å². The Bertz CT molecular complexity index is 952. The summed E-state index contributed by atoms with van der Waals surface area (Å²) in [4.78, 5) is 16.4. The smallest absolute Gasteiger partial charge is 0.220 e. The fourth-order valence-corrected chi connectivity index (χ4v) is 3.19. The molecule has 0 aliphatic carbocycles. The molecule has 5 nitrogen and oxygen atoms in total. The number of halogens is 1. The summed E-state index contributed by atoms with van der Waals surface area (Å²) in [5, 5.41) is 3.54. The van der Waals surface area contributed by atoms with Gasteiger partial charge in [-0.25, -0.2) is 4.98 Å². The molecule has 0 fully saturated rings. The van der Waals surface area contributed by atoms with Crippen LogP contribution < -0.4 is 10.1 Å². The maximum atomic E-state index is 12.1. The molecule has 3 aromatic rings. The fraction of sp³-hybridized carbons (Fsp3) is 0.273. The number of oxazole rings is 1. The van der Waals surface area contributed by atoms with Gasteiger partial charge in [0.2, 0.25) is 5.91 Å². The topological polar surface area (TPSA) is 64.4 Å². The lowest BCUT2D eigenvalue weighted by atomic mass is 10.1. The zero-order valence-corrected chi connectivity index (χ0v) is 16.8. The van der Waals surface area contributed by atoms with Gasteiger partial charge in [0.05, 0.1) is 18.3 Å². The number of hydrogen-bond donors (Lipinski definition) is 1. The Morgan fingerprint density at radius 3 is 2.82 bits per heavy atom. The molecule has 2 aromatic carbocycles. The number of aryl methyl sites for hydroxylation is 2. The van der Waals surface area contributed by atoms with Crippen molar-refractivity contribution in [2.24, 2.45) is 0 Å². The molecular weight excluding hydrogens is 376 g/mol. The van der Waals surface area contributed by atoms with Crippen LogP contribution in [0.4, 0.5) is 0 Å². The second-order valence-corrected chi connectivity index (χ2v) is 6.92. The van der Waals surface area contributed by atoms with Crippen molar-refractivity contribution >= 4 is 17.5 Å². The molecule has 0 aliphatic heterocycles. The normalized spacial score (nSPS) is 10.7. The van der Waals surface area contributed by atoms with Crippen molar-refractivity contribution in [3.05, 3.63) is 70.7 Å². The van der Waals surface area contributed by atoms with Crippen LogP contribution in [-0.2, 0) is 17.6 Å². The minimum atomic E-state index is -0.0379. The van der Waals surface area contributed by atoms with Crippen LogP contribution in [0.25, 0.3) is 11.3 Å². The van der Waals surface area contributed by atoms with Crippen LogP contribution in [0.5, 0.6) is 5.75 Å². The van der Waals surface area contributed by atoms with Gasteiger partial charge in [-0.05, 0) is 37.1 Å². The SMILES string of the molecule is COc1ccc(C)cc1CCNC(=O)CCc1ncc(-c2ccccc2Cl)o1. The van der Waals surface area contributed by atoms with E-state index in [1.54, 1.807) is 19.4 Å². The highest BCUT2D eigenvalue weighted by atomic mass is 35.5. The Morgan fingerprint density at radius 1 is 1.21 bits per heavy atom. The molecule has 0 unspecified atom stereocenters. The quantitative estimate of drug-likeness (QED) is 0.602. The van der Waals surface area contributed by atoms with E-state index in [2.05, 4.69) is 16.4 Å². The molecule has 0 saturated heterocycles. The highest BCUT2D eigenvalue weighted by Gasteiger charge is 2.11. The number of hydrogen-bond acceptors (Lipinski definition) is 4. The third-order valence-corrected chi connectivity index (χ3v) is 4.74. The first-order chi connectivity index (χ1) is 13.6. The molecule has 0 radical (unpaired) electrons. The van der Waals surface area contributed by atoms with Crippen LogP contribution in [0.3, 0.4) is 0 Å². The number of benzene rings is 2. The fourth-order valence-electron chi connectivity index (χ4n) is 2.96. The third-order valence-electron chi connectivity index (χ3n) is 4.41. The molecule has 0 saturated carbocycles. The zero-order valence-electron chi connectivity index (χ0n) is 16.0. The second-order valence-electron chi connectivity index (χ2n) is 6.51. The first-order valence-corrected chi connectivity index (χ1v) is 9.54. The van der Waals surface area contributed by atoms with Gasteiger partial charge in [-0.1, -0.05) is 41.4 Å². The van der Waals surface area contributed by atoms with Crippen molar-refractivity contribution < 1.29 is 13.9 Å². The van der Waals surface area contributed by atoms with Gasteiger partial charge in [0.15, 0.2) is 11.7 Å². The van der Waals surface area contributed by atoms with Gasteiger partial charge >= 0.3 is 0 Å². The summed E-state index contributed by atoms with van der Waals surface area (Å²) in [7, 11) is 1.65. The Labute approximate surface area is 169 Å². The van der Waals surface area contributed by atoms with Gasteiger partial charge in [-0.2, -0.15) is 0 Å². The van der Waals surface area contributed by atoms with Crippen LogP contribution in [0.1, 0.15) is 23.4 Å². The predicted octanol–water partition coefficient (Wildman–Crippen LogP) is 4.60. The Kier molecular flexibility index (Phi) is 6.71. The number of methoxy groups -OCH3 is 1. The maximum absolute atomic E-state index is 12.1. The van der Waals surface area contributed by atoms with E-state index in [4.69, 9.17) is 20.8 Å². The van der Waals surface area contributed by atoms with E-state index in [1.165, 1.54) is 5.56 Å². The van der Waals surface area contributed by atoms with E-state index in [9.17, 15) is 4.79 Å². The predicted molar refractivity (Wildman–Crippen MR) is 110 cm³/mol. The van der Waals surface area contributed by atoms with Crippen LogP contribution in [0, 0.1) is 6.92 Å². The molecule has 1 amide bonds. The first-order valence-electron chi connectivity index (χ1n) is 9.16. The van der Waals surface area contributed by atoms with Crippen molar-refractivity contribution in [2.45, 2.75) is 26.2 Å². The molecule has 3 rings (SSSR count). The highest BCUT2D eigenvalue weighted by Crippen LogP contribution is 2.28. The summed E-state index contributed by atoms with van der Waals surface area (Å²) in [6, 6.07) is 13.5. The summed E-state index contributed by atoms with van der Waals surface area (Å²) in [5.41, 5.74) is 3.04. The zero-order chi connectivity index (χ0) is 19.9. The maximum Gasteiger partial charge on any atom is 0.220 e. The van der Waals surface area contributed by atoms with Crippen LogP contribution in [0.2, 0.25) is 5.02 Å². The van der Waals surface area contributed by atoms with E-state index in [0.29, 0.717) is 42.5 Å². The van der Waals surface area contributed by atoms with Gasteiger partial charge in [0, 0.05) is 24.9 Å². The van der Waals surface area contributed by atoms with Crippen molar-refractivity contribution in [3.63, 3.8) is 0 Å². The average molecular weight is 399 g/mol. The molecule has 146 valence electrons. The van der Waals surface area contributed by atoms with Crippen molar-refractivity contribution in [1.29, 1.82) is 0 Å². The van der Waals surface area contributed by atoms with Gasteiger partial charge < -0.3 is 14.5 Å². The Morgan fingerprint density at radius 2 is 2.04 bits per heavy atom. The lowest BCUT2D eigenvalue weighted by Gasteiger charge is -2.10. The number of nitrogens with zero attached hydrogens (tertiary/aromatic N) is 1.